The number of fused-ring (bicyclic) bond motifs is 1. The van der Waals surface area contributed by atoms with E-state index in [9.17, 15) is 9.59 Å². The molecule has 2 aromatic carbocycles. The van der Waals surface area contributed by atoms with Crippen LogP contribution in [0.3, 0.4) is 0 Å². The van der Waals surface area contributed by atoms with Crippen molar-refractivity contribution in [1.29, 1.82) is 0 Å². The zero-order chi connectivity index (χ0) is 21.3. The monoisotopic (exact) mass is 446 g/mol. The van der Waals surface area contributed by atoms with Crippen LogP contribution >= 0.6 is 23.2 Å². The Morgan fingerprint density at radius 1 is 1.23 bits per heavy atom. The summed E-state index contributed by atoms with van der Waals surface area (Å²) >= 11 is 12.5. The quantitative estimate of drug-likeness (QED) is 0.567. The minimum Gasteiger partial charge on any atom is -0.469 e. The number of ether oxygens (including phenoxy) is 1. The lowest BCUT2D eigenvalue weighted by atomic mass is 9.72. The largest absolute Gasteiger partial charge is 0.469 e. The Balaban J connectivity index is 1.83. The van der Waals surface area contributed by atoms with E-state index in [1.165, 1.54) is 7.11 Å². The molecule has 1 amide bonds. The second kappa shape index (κ2) is 8.58. The highest BCUT2D eigenvalue weighted by molar-refractivity contribution is 6.31. The maximum Gasteiger partial charge on any atom is 0.305 e. The molecule has 1 fully saturated rings. The van der Waals surface area contributed by atoms with E-state index in [-0.39, 0.29) is 24.2 Å². The smallest absolute Gasteiger partial charge is 0.305 e. The molecule has 5 nitrogen and oxygen atoms in total. The molecule has 30 heavy (non-hydrogen) atoms. The molecule has 0 bridgehead atoms. The van der Waals surface area contributed by atoms with Gasteiger partial charge in [0.25, 0.3) is 0 Å². The number of carbonyl (C=O) groups is 2. The molecule has 2 atom stereocenters. The van der Waals surface area contributed by atoms with E-state index in [2.05, 4.69) is 10.6 Å². The fraction of sp³-hybridized carbons (Fsp3) is 0.391. The Bertz CT molecular complexity index is 977. The molecule has 0 saturated heterocycles. The first-order valence-corrected chi connectivity index (χ1v) is 10.9. The average Bonchev–Trinajstić information content (AvgIpc) is 3.51. The summed E-state index contributed by atoms with van der Waals surface area (Å²) in [5, 5.41) is 7.74. The van der Waals surface area contributed by atoms with Gasteiger partial charge in [-0.25, -0.2) is 0 Å². The molecule has 1 aliphatic heterocycles. The highest BCUT2D eigenvalue weighted by Crippen LogP contribution is 2.49. The van der Waals surface area contributed by atoms with Crippen molar-refractivity contribution in [3.63, 3.8) is 0 Å². The normalized spacial score (nSPS) is 21.1. The molecule has 0 unspecified atom stereocenters. The predicted octanol–water partition coefficient (Wildman–Crippen LogP) is 4.88. The van der Waals surface area contributed by atoms with E-state index >= 15 is 0 Å². The third-order valence-electron chi connectivity index (χ3n) is 6.02. The Morgan fingerprint density at radius 2 is 2.00 bits per heavy atom. The van der Waals surface area contributed by atoms with Crippen LogP contribution in [0.25, 0.3) is 0 Å². The zero-order valence-electron chi connectivity index (χ0n) is 16.7. The summed E-state index contributed by atoms with van der Waals surface area (Å²) in [6.45, 7) is 0.727. The highest BCUT2D eigenvalue weighted by Gasteiger charge is 2.53. The van der Waals surface area contributed by atoms with Gasteiger partial charge in [-0.15, -0.1) is 0 Å². The summed E-state index contributed by atoms with van der Waals surface area (Å²) in [4.78, 5) is 25.5. The minimum absolute atomic E-state index is 0.143. The summed E-state index contributed by atoms with van der Waals surface area (Å²) < 4.78 is 4.87. The number of carbonyl (C=O) groups excluding carboxylic acids is 2. The fourth-order valence-corrected chi connectivity index (χ4v) is 4.67. The molecular formula is C23H24Cl2N2O3. The van der Waals surface area contributed by atoms with E-state index in [1.807, 2.05) is 24.3 Å². The minimum atomic E-state index is -1.03. The van der Waals surface area contributed by atoms with Gasteiger partial charge in [-0.3, -0.25) is 14.9 Å². The van der Waals surface area contributed by atoms with Crippen molar-refractivity contribution in [3.05, 3.63) is 63.6 Å². The van der Waals surface area contributed by atoms with Gasteiger partial charge in [-0.05, 0) is 61.6 Å². The topological polar surface area (TPSA) is 67.4 Å². The van der Waals surface area contributed by atoms with Crippen LogP contribution in [0, 0.1) is 5.92 Å². The number of esters is 1. The molecule has 158 valence electrons. The summed E-state index contributed by atoms with van der Waals surface area (Å²) in [5.41, 5.74) is 1.40. The maximum atomic E-state index is 13.5. The van der Waals surface area contributed by atoms with Crippen molar-refractivity contribution in [3.8, 4) is 0 Å². The van der Waals surface area contributed by atoms with Gasteiger partial charge in [0.1, 0.15) is 5.54 Å². The van der Waals surface area contributed by atoms with Crippen molar-refractivity contribution in [1.82, 2.24) is 5.32 Å². The first kappa shape index (κ1) is 21.2. The number of rotatable bonds is 8. The van der Waals surface area contributed by atoms with Gasteiger partial charge in [-0.2, -0.15) is 0 Å². The van der Waals surface area contributed by atoms with Crippen LogP contribution in [0.15, 0.2) is 42.5 Å². The van der Waals surface area contributed by atoms with Crippen molar-refractivity contribution in [2.75, 3.05) is 19.0 Å². The van der Waals surface area contributed by atoms with Crippen molar-refractivity contribution < 1.29 is 14.3 Å². The number of amides is 1. The van der Waals surface area contributed by atoms with Gasteiger partial charge >= 0.3 is 5.97 Å². The summed E-state index contributed by atoms with van der Waals surface area (Å²) in [6.07, 6.45) is 2.93. The van der Waals surface area contributed by atoms with Crippen LogP contribution in [0.4, 0.5) is 5.69 Å². The summed E-state index contributed by atoms with van der Waals surface area (Å²) in [7, 11) is 1.37. The standard InChI is InChI=1S/C23H24Cl2N2O3/c1-30-21(28)10-9-18(15-3-2-4-16(24)11-15)23(26-13-14-5-6-14)19-8-7-17(25)12-20(19)27-22(23)29/h2-4,7-8,11-12,14,18,26H,5-6,9-10,13H2,1H3,(H,27,29)/t18-,23-/m1/s1. The molecule has 2 N–H and O–H groups in total. The van der Waals surface area contributed by atoms with Gasteiger partial charge in [0, 0.05) is 33.6 Å². The number of nitrogens with one attached hydrogen (secondary N) is 2. The Morgan fingerprint density at radius 3 is 2.70 bits per heavy atom. The van der Waals surface area contributed by atoms with Crippen LogP contribution in [-0.4, -0.2) is 25.5 Å². The SMILES string of the molecule is COC(=O)CC[C@H](c1cccc(Cl)c1)[C@]1(NCC2CC2)C(=O)Nc2cc(Cl)ccc21. The van der Waals surface area contributed by atoms with Gasteiger partial charge in [0.05, 0.1) is 7.11 Å². The number of benzene rings is 2. The fourth-order valence-electron chi connectivity index (χ4n) is 4.30. The number of hydrogen-bond donors (Lipinski definition) is 2. The van der Waals surface area contributed by atoms with Crippen molar-refractivity contribution in [2.45, 2.75) is 37.1 Å². The molecule has 0 radical (unpaired) electrons. The van der Waals surface area contributed by atoms with Crippen LogP contribution in [-0.2, 0) is 19.9 Å². The zero-order valence-corrected chi connectivity index (χ0v) is 18.2. The second-order valence-electron chi connectivity index (χ2n) is 8.00. The molecule has 1 aliphatic carbocycles. The maximum absolute atomic E-state index is 13.5. The second-order valence-corrected chi connectivity index (χ2v) is 8.87. The number of hydrogen-bond acceptors (Lipinski definition) is 4. The lowest BCUT2D eigenvalue weighted by Gasteiger charge is -2.37. The number of halogens is 2. The summed E-state index contributed by atoms with van der Waals surface area (Å²) in [6, 6.07) is 12.9. The van der Waals surface area contributed by atoms with Gasteiger partial charge in [0.2, 0.25) is 5.91 Å². The molecule has 4 rings (SSSR count). The number of anilines is 1. The van der Waals surface area contributed by atoms with Crippen LogP contribution in [0.2, 0.25) is 10.0 Å². The molecule has 2 aromatic rings. The average molecular weight is 447 g/mol. The van der Waals surface area contributed by atoms with Gasteiger partial charge in [-0.1, -0.05) is 41.4 Å². The third-order valence-corrected chi connectivity index (χ3v) is 6.49. The lowest BCUT2D eigenvalue weighted by molar-refractivity contribution is -0.141. The summed E-state index contributed by atoms with van der Waals surface area (Å²) in [5.74, 6) is -0.215. The molecule has 2 aliphatic rings. The molecule has 1 heterocycles. The highest BCUT2D eigenvalue weighted by atomic mass is 35.5. The first-order chi connectivity index (χ1) is 14.4. The Hall–Kier alpha value is -2.08. The van der Waals surface area contributed by atoms with Crippen molar-refractivity contribution in [2.24, 2.45) is 5.92 Å². The van der Waals surface area contributed by atoms with Crippen LogP contribution in [0.1, 0.15) is 42.7 Å². The van der Waals surface area contributed by atoms with Crippen LogP contribution in [0.5, 0.6) is 0 Å². The number of methoxy groups -OCH3 is 1. The third kappa shape index (κ3) is 4.07. The Labute approximate surface area is 186 Å². The molecule has 7 heteroatoms. The van der Waals surface area contributed by atoms with E-state index < -0.39 is 5.54 Å². The van der Waals surface area contributed by atoms with E-state index in [0.717, 1.165) is 30.5 Å². The van der Waals surface area contributed by atoms with Gasteiger partial charge < -0.3 is 10.1 Å². The van der Waals surface area contributed by atoms with Gasteiger partial charge in [0.15, 0.2) is 0 Å². The predicted molar refractivity (Wildman–Crippen MR) is 118 cm³/mol. The van der Waals surface area contributed by atoms with Crippen LogP contribution < -0.4 is 10.6 Å². The van der Waals surface area contributed by atoms with E-state index in [0.29, 0.717) is 28.1 Å². The first-order valence-electron chi connectivity index (χ1n) is 10.1. The Kier molecular flexibility index (Phi) is 6.05. The molecule has 0 spiro atoms. The van der Waals surface area contributed by atoms with Crippen molar-refractivity contribution >= 4 is 40.8 Å². The molecule has 1 saturated carbocycles. The molecule has 0 aromatic heterocycles. The lowest BCUT2D eigenvalue weighted by Crippen LogP contribution is -2.53. The van der Waals surface area contributed by atoms with E-state index in [1.54, 1.807) is 18.2 Å². The molecular weight excluding hydrogens is 423 g/mol. The van der Waals surface area contributed by atoms with E-state index in [4.69, 9.17) is 27.9 Å².